The number of amidine groups is 1. The number of nitrogens with zero attached hydrogens (tertiary/aromatic N) is 7. The molecule has 342 valence electrons. The zero-order chi connectivity index (χ0) is 44.6. The van der Waals surface area contributed by atoms with Crippen molar-refractivity contribution in [1.82, 2.24) is 24.7 Å². The number of aryl methyl sites for hydroxylation is 2. The van der Waals surface area contributed by atoms with Crippen LogP contribution in [0.2, 0.25) is 0 Å². The average Bonchev–Trinajstić information content (AvgIpc) is 3.95. The average molecular weight is 863 g/mol. The predicted octanol–water partition coefficient (Wildman–Crippen LogP) is 7.28. The maximum absolute atomic E-state index is 13.0. The van der Waals surface area contributed by atoms with Gasteiger partial charge in [-0.2, -0.15) is 5.10 Å². The molecule has 2 aromatic carbocycles. The number of methoxy groups -OCH3 is 1. The number of benzene rings is 2. The first-order valence-corrected chi connectivity index (χ1v) is 23.8. The lowest BCUT2D eigenvalue weighted by Gasteiger charge is -2.43. The molecule has 6 atom stereocenters. The quantitative estimate of drug-likeness (QED) is 0.136. The van der Waals surface area contributed by atoms with Crippen molar-refractivity contribution >= 4 is 46.8 Å². The molecule has 13 heteroatoms. The number of fused-ring (bicyclic) bond motifs is 2. The van der Waals surface area contributed by atoms with E-state index in [0.717, 1.165) is 112 Å². The summed E-state index contributed by atoms with van der Waals surface area (Å²) in [7, 11) is 3.68. The van der Waals surface area contributed by atoms with Crippen LogP contribution in [0, 0.1) is 42.4 Å². The first-order valence-electron chi connectivity index (χ1n) is 23.8. The van der Waals surface area contributed by atoms with Gasteiger partial charge in [-0.05, 0) is 118 Å². The Hall–Kier alpha value is -4.59. The molecule has 13 nitrogen and oxygen atoms in total. The van der Waals surface area contributed by atoms with Crippen LogP contribution in [0.5, 0.6) is 5.75 Å². The molecule has 1 saturated heterocycles. The Labute approximate surface area is 376 Å². The normalized spacial score (nSPS) is 26.7. The molecule has 4 heterocycles. The van der Waals surface area contributed by atoms with Gasteiger partial charge in [-0.1, -0.05) is 52.0 Å². The minimum Gasteiger partial charge on any atom is -0.495 e. The molecular weight excluding hydrogens is 789 g/mol. The molecule has 2 saturated carbocycles. The van der Waals surface area contributed by atoms with E-state index in [-0.39, 0.29) is 23.8 Å². The largest absolute Gasteiger partial charge is 0.495 e. The Bertz CT molecular complexity index is 2100. The summed E-state index contributed by atoms with van der Waals surface area (Å²) in [5.74, 6) is 4.73. The van der Waals surface area contributed by atoms with Gasteiger partial charge in [-0.3, -0.25) is 24.4 Å². The van der Waals surface area contributed by atoms with Crippen LogP contribution in [0.1, 0.15) is 96.7 Å². The Morgan fingerprint density at radius 1 is 0.984 bits per heavy atom. The van der Waals surface area contributed by atoms with Crippen molar-refractivity contribution in [2.24, 2.45) is 63.4 Å². The molecule has 0 radical (unpaired) electrons. The van der Waals surface area contributed by atoms with E-state index in [9.17, 15) is 9.59 Å². The Kier molecular flexibility index (Phi) is 15.8. The number of rotatable bonds is 15. The monoisotopic (exact) mass is 863 g/mol. The molecular formula is C50H74N10O3. The van der Waals surface area contributed by atoms with E-state index in [1.54, 1.807) is 13.4 Å². The van der Waals surface area contributed by atoms with Gasteiger partial charge in [0.05, 0.1) is 30.5 Å². The fourth-order valence-corrected chi connectivity index (χ4v) is 11.1. The van der Waals surface area contributed by atoms with Crippen molar-refractivity contribution in [3.63, 3.8) is 0 Å². The Balaban J connectivity index is 0.000000467. The molecule has 63 heavy (non-hydrogen) atoms. The number of para-hydroxylation sites is 1. The maximum Gasteiger partial charge on any atom is 0.222 e. The van der Waals surface area contributed by atoms with Crippen molar-refractivity contribution in [3.8, 4) is 5.75 Å². The molecule has 8 rings (SSSR count). The van der Waals surface area contributed by atoms with E-state index in [2.05, 4.69) is 112 Å². The zero-order valence-corrected chi connectivity index (χ0v) is 39.0. The highest BCUT2D eigenvalue weighted by atomic mass is 16.5. The first-order chi connectivity index (χ1) is 30.4. The number of piperazine rings is 1. The lowest BCUT2D eigenvalue weighted by atomic mass is 9.84. The molecule has 2 amide bonds. The number of aromatic nitrogens is 1. The summed E-state index contributed by atoms with van der Waals surface area (Å²) in [6, 6.07) is 17.1. The van der Waals surface area contributed by atoms with Gasteiger partial charge in [0, 0.05) is 75.1 Å². The van der Waals surface area contributed by atoms with Crippen LogP contribution < -0.4 is 21.1 Å². The van der Waals surface area contributed by atoms with Gasteiger partial charge >= 0.3 is 0 Å². The van der Waals surface area contributed by atoms with E-state index >= 15 is 0 Å². The molecule has 3 aliphatic heterocycles. The van der Waals surface area contributed by atoms with Crippen LogP contribution in [-0.4, -0.2) is 114 Å². The van der Waals surface area contributed by atoms with Crippen LogP contribution in [0.15, 0.2) is 63.6 Å². The maximum atomic E-state index is 13.0. The van der Waals surface area contributed by atoms with Crippen LogP contribution in [0.25, 0.3) is 10.9 Å². The van der Waals surface area contributed by atoms with E-state index < -0.39 is 6.17 Å². The number of hydrogen-bond donors (Lipinski definition) is 3. The summed E-state index contributed by atoms with van der Waals surface area (Å²) in [6.07, 6.45) is 12.3. The van der Waals surface area contributed by atoms with Gasteiger partial charge in [-0.25, -0.2) is 10.0 Å². The third-order valence-corrected chi connectivity index (χ3v) is 14.6. The van der Waals surface area contributed by atoms with Gasteiger partial charge in [0.25, 0.3) is 0 Å². The number of nitrogens with one attached hydrogen (secondary N) is 2. The van der Waals surface area contributed by atoms with Gasteiger partial charge < -0.3 is 25.7 Å². The second kappa shape index (κ2) is 21.4. The van der Waals surface area contributed by atoms with Gasteiger partial charge in [0.2, 0.25) is 12.3 Å². The third kappa shape index (κ3) is 11.2. The lowest BCUT2D eigenvalue weighted by Crippen LogP contribution is -2.53. The number of hydrazone groups is 1. The van der Waals surface area contributed by atoms with E-state index in [1.165, 1.54) is 42.3 Å². The summed E-state index contributed by atoms with van der Waals surface area (Å²) >= 11 is 0. The minimum absolute atomic E-state index is 0.0863. The second-order valence-electron chi connectivity index (χ2n) is 19.5. The van der Waals surface area contributed by atoms with Gasteiger partial charge in [-0.15, -0.1) is 0 Å². The molecule has 5 unspecified atom stereocenters. The molecule has 3 aromatic rings. The van der Waals surface area contributed by atoms with Crippen LogP contribution in [0.3, 0.4) is 0 Å². The highest BCUT2D eigenvalue weighted by Crippen LogP contribution is 2.43. The fraction of sp³-hybridized carbons (Fsp3) is 0.620. The third-order valence-electron chi connectivity index (χ3n) is 14.6. The Morgan fingerprint density at radius 3 is 2.43 bits per heavy atom. The SMILES string of the molecule is COc1cc(C2=NN(C3CCC(N4CCN(CCNC(=O)[C@@H](C)CCC5CC(C)CC5CC(C)C)CC4)CC3)C3=NC=NC(N)C23)ccc1NC=O.Cc1cc2ccccc2n1C. The van der Waals surface area contributed by atoms with Crippen molar-refractivity contribution < 1.29 is 14.3 Å². The van der Waals surface area contributed by atoms with Gasteiger partial charge in [0.15, 0.2) is 0 Å². The number of aliphatic imine (C=N–C) groups is 2. The molecule has 3 fully saturated rings. The molecule has 0 bridgehead atoms. The van der Waals surface area contributed by atoms with Crippen molar-refractivity contribution in [3.05, 3.63) is 59.8 Å². The summed E-state index contributed by atoms with van der Waals surface area (Å²) in [5, 5.41) is 14.5. The van der Waals surface area contributed by atoms with Crippen LogP contribution in [0.4, 0.5) is 5.69 Å². The summed E-state index contributed by atoms with van der Waals surface area (Å²) in [4.78, 5) is 38.3. The number of nitrogens with two attached hydrogens (primary N) is 1. The standard InChI is InChI=1S/C40H63N9O3.C10H11N/c1-26(2)20-31-22-27(3)21-29(31)7-6-28(4)40(51)42-14-15-47-16-18-48(19-17-47)32-9-11-33(12-10-32)49-39-36(38(41)43-24-44-39)37(46-49)30-8-13-34(45-25-50)35(23-30)52-5;1-8-7-9-5-3-4-6-10(9)11(8)2/h8,13,23-29,31-33,36,38H,6-7,9-12,14-22,41H2,1-5H3,(H,42,51)(H,45,50);3-7H,1-2H3/t27?,28-,29?,31?,32?,33?,36?,38?;/m0./s1. The zero-order valence-electron chi connectivity index (χ0n) is 39.0. The second-order valence-corrected chi connectivity index (χ2v) is 19.5. The van der Waals surface area contributed by atoms with Crippen molar-refractivity contribution in [1.29, 1.82) is 0 Å². The summed E-state index contributed by atoms with van der Waals surface area (Å²) < 4.78 is 7.75. The Morgan fingerprint density at radius 2 is 1.71 bits per heavy atom. The minimum atomic E-state index is -0.465. The van der Waals surface area contributed by atoms with Crippen LogP contribution >= 0.6 is 0 Å². The summed E-state index contributed by atoms with van der Waals surface area (Å²) in [5.41, 5.74) is 11.5. The number of carbonyl (C=O) groups is 2. The number of amides is 2. The predicted molar refractivity (Wildman–Crippen MR) is 256 cm³/mol. The number of carbonyl (C=O) groups excluding carboxylic acids is 2. The van der Waals surface area contributed by atoms with E-state index in [0.29, 0.717) is 23.9 Å². The molecule has 5 aliphatic rings. The number of anilines is 1. The van der Waals surface area contributed by atoms with E-state index in [4.69, 9.17) is 15.6 Å². The van der Waals surface area contributed by atoms with E-state index in [1.807, 2.05) is 18.2 Å². The molecule has 2 aliphatic carbocycles. The number of hydrogen-bond acceptors (Lipinski definition) is 10. The smallest absolute Gasteiger partial charge is 0.222 e. The number of ether oxygens (including phenoxy) is 1. The highest BCUT2D eigenvalue weighted by molar-refractivity contribution is 6.20. The lowest BCUT2D eigenvalue weighted by molar-refractivity contribution is -0.124. The van der Waals surface area contributed by atoms with Crippen molar-refractivity contribution in [2.45, 2.75) is 111 Å². The molecule has 0 spiro atoms. The molecule has 4 N–H and O–H groups in total. The topological polar surface area (TPSA) is 145 Å². The van der Waals surface area contributed by atoms with Gasteiger partial charge in [0.1, 0.15) is 24.1 Å². The van der Waals surface area contributed by atoms with Crippen LogP contribution in [-0.2, 0) is 16.6 Å². The summed E-state index contributed by atoms with van der Waals surface area (Å²) in [6.45, 7) is 17.2. The van der Waals surface area contributed by atoms with Crippen molar-refractivity contribution in [2.75, 3.05) is 51.7 Å². The molecule has 1 aromatic heterocycles. The first kappa shape index (κ1) is 46.4. The fourth-order valence-electron chi connectivity index (χ4n) is 11.1. The highest BCUT2D eigenvalue weighted by Gasteiger charge is 2.44.